The number of ether oxygens (including phenoxy) is 1. The first kappa shape index (κ1) is 23.4. The number of carbonyl (C=O) groups is 1. The van der Waals surface area contributed by atoms with Gasteiger partial charge in [-0.05, 0) is 48.0 Å². The van der Waals surface area contributed by atoms with Crippen molar-refractivity contribution < 1.29 is 14.6 Å². The third-order valence-electron chi connectivity index (χ3n) is 5.18. The summed E-state index contributed by atoms with van der Waals surface area (Å²) in [5.74, 6) is 0.163. The van der Waals surface area contributed by atoms with E-state index in [1.807, 2.05) is 50.2 Å². The molecule has 3 aromatic carbocycles. The topological polar surface area (TPSA) is 93.8 Å². The van der Waals surface area contributed by atoms with Crippen LogP contribution in [0.3, 0.4) is 0 Å². The first-order valence-corrected chi connectivity index (χ1v) is 11.4. The number of hydrogen-bond donors (Lipinski definition) is 1. The highest BCUT2D eigenvalue weighted by atomic mass is 79.9. The first-order valence-electron chi connectivity index (χ1n) is 10.6. The Balaban J connectivity index is 1.65. The molecule has 8 heteroatoms. The average molecular weight is 520 g/mol. The summed E-state index contributed by atoms with van der Waals surface area (Å²) >= 11 is 3.41. The van der Waals surface area contributed by atoms with Crippen LogP contribution in [0, 0.1) is 0 Å². The number of aromatic carboxylic acids is 1. The number of carboxylic acids is 1. The fourth-order valence-corrected chi connectivity index (χ4v) is 3.76. The number of para-hydroxylation sites is 1. The molecule has 1 N–H and O–H groups in total. The van der Waals surface area contributed by atoms with E-state index < -0.39 is 5.97 Å². The van der Waals surface area contributed by atoms with Crippen molar-refractivity contribution in [3.8, 4) is 5.75 Å². The molecule has 0 bridgehead atoms. The van der Waals surface area contributed by atoms with Gasteiger partial charge in [-0.2, -0.15) is 9.78 Å². The fourth-order valence-electron chi connectivity index (χ4n) is 3.39. The Labute approximate surface area is 204 Å². The number of carboxylic acid groups (broad SMARTS) is 1. The summed E-state index contributed by atoms with van der Waals surface area (Å²) in [7, 11) is 0. The third-order valence-corrected chi connectivity index (χ3v) is 5.67. The van der Waals surface area contributed by atoms with E-state index >= 15 is 0 Å². The molecule has 0 amide bonds. The molecule has 0 fully saturated rings. The molecule has 7 nitrogen and oxygen atoms in total. The maximum Gasteiger partial charge on any atom is 0.335 e. The van der Waals surface area contributed by atoms with Crippen LogP contribution in [0.15, 0.2) is 81.1 Å². The van der Waals surface area contributed by atoms with Crippen LogP contribution in [0.4, 0.5) is 0 Å². The number of fused-ring (bicyclic) bond motifs is 1. The van der Waals surface area contributed by atoms with Crippen LogP contribution < -0.4 is 10.3 Å². The highest BCUT2D eigenvalue weighted by Gasteiger charge is 2.14. The van der Waals surface area contributed by atoms with Gasteiger partial charge in [0, 0.05) is 16.0 Å². The van der Waals surface area contributed by atoms with Gasteiger partial charge in [-0.15, -0.1) is 0 Å². The van der Waals surface area contributed by atoms with Gasteiger partial charge in [-0.1, -0.05) is 54.0 Å². The van der Waals surface area contributed by atoms with Crippen molar-refractivity contribution in [3.05, 3.63) is 104 Å². The maximum atomic E-state index is 13.2. The minimum atomic E-state index is -0.972. The lowest BCUT2D eigenvalue weighted by Gasteiger charge is -2.12. The number of benzene rings is 3. The molecule has 34 heavy (non-hydrogen) atoms. The maximum absolute atomic E-state index is 13.2. The molecule has 4 rings (SSSR count). The predicted molar refractivity (Wildman–Crippen MR) is 135 cm³/mol. The fraction of sp³-hybridized carbons (Fsp3) is 0.154. The van der Waals surface area contributed by atoms with Gasteiger partial charge in [0.2, 0.25) is 0 Å². The van der Waals surface area contributed by atoms with Crippen molar-refractivity contribution in [3.63, 3.8) is 0 Å². The number of aromatic nitrogens is 2. The Morgan fingerprint density at radius 1 is 1.15 bits per heavy atom. The molecule has 0 unspecified atom stereocenters. The van der Waals surface area contributed by atoms with Crippen LogP contribution in [0.5, 0.6) is 5.75 Å². The molecule has 0 saturated carbocycles. The van der Waals surface area contributed by atoms with E-state index in [4.69, 9.17) is 9.84 Å². The van der Waals surface area contributed by atoms with Gasteiger partial charge >= 0.3 is 5.97 Å². The summed E-state index contributed by atoms with van der Waals surface area (Å²) in [6.07, 6.45) is 1.58. The van der Waals surface area contributed by atoms with Crippen LogP contribution in [0.2, 0.25) is 0 Å². The zero-order valence-electron chi connectivity index (χ0n) is 18.6. The third kappa shape index (κ3) is 5.07. The smallest absolute Gasteiger partial charge is 0.335 e. The minimum Gasteiger partial charge on any atom is -0.488 e. The Kier molecular flexibility index (Phi) is 6.88. The lowest BCUT2D eigenvalue weighted by atomic mass is 10.1. The van der Waals surface area contributed by atoms with Gasteiger partial charge < -0.3 is 9.84 Å². The molecule has 172 valence electrons. The monoisotopic (exact) mass is 519 g/mol. The van der Waals surface area contributed by atoms with E-state index in [-0.39, 0.29) is 23.6 Å². The van der Waals surface area contributed by atoms with Gasteiger partial charge in [0.25, 0.3) is 5.56 Å². The number of halogens is 1. The van der Waals surface area contributed by atoms with Crippen LogP contribution >= 0.6 is 15.9 Å². The molecule has 0 aliphatic rings. The normalized spacial score (nSPS) is 11.4. The van der Waals surface area contributed by atoms with E-state index in [0.717, 1.165) is 10.0 Å². The Bertz CT molecular complexity index is 1440. The molecular formula is C26H22BrN3O4. The number of nitrogens with zero attached hydrogens (tertiary/aromatic N) is 3. The van der Waals surface area contributed by atoms with Crippen molar-refractivity contribution in [2.75, 3.05) is 0 Å². The van der Waals surface area contributed by atoms with Crippen molar-refractivity contribution in [2.24, 2.45) is 5.10 Å². The second-order valence-corrected chi connectivity index (χ2v) is 8.89. The largest absolute Gasteiger partial charge is 0.488 e. The Hall–Kier alpha value is -3.78. The Morgan fingerprint density at radius 3 is 2.59 bits per heavy atom. The molecule has 0 saturated heterocycles. The molecule has 4 aromatic rings. The van der Waals surface area contributed by atoms with Gasteiger partial charge in [0.15, 0.2) is 0 Å². The zero-order valence-corrected chi connectivity index (χ0v) is 20.2. The SMILES string of the molecule is CC(C)c1nc2ccc(Br)cc2c(=O)n1N=Cc1ccccc1OCc1ccc(C(=O)O)cc1. The van der Waals surface area contributed by atoms with Crippen molar-refractivity contribution in [1.82, 2.24) is 9.66 Å². The van der Waals surface area contributed by atoms with Gasteiger partial charge in [0.05, 0.1) is 22.7 Å². The van der Waals surface area contributed by atoms with Crippen molar-refractivity contribution in [2.45, 2.75) is 26.4 Å². The van der Waals surface area contributed by atoms with Crippen LogP contribution in [0.25, 0.3) is 10.9 Å². The predicted octanol–water partition coefficient (Wildman–Crippen LogP) is 5.44. The van der Waals surface area contributed by atoms with Gasteiger partial charge in [0.1, 0.15) is 18.2 Å². The summed E-state index contributed by atoms with van der Waals surface area (Å²) in [6.45, 7) is 4.18. The van der Waals surface area contributed by atoms with Crippen LogP contribution in [0.1, 0.15) is 47.1 Å². The molecule has 0 radical (unpaired) electrons. The van der Waals surface area contributed by atoms with E-state index in [0.29, 0.717) is 28.0 Å². The molecule has 0 aliphatic heterocycles. The summed E-state index contributed by atoms with van der Waals surface area (Å²) in [5, 5.41) is 14.0. The molecule has 1 aromatic heterocycles. The van der Waals surface area contributed by atoms with Crippen molar-refractivity contribution in [1.29, 1.82) is 0 Å². The zero-order chi connectivity index (χ0) is 24.2. The molecule has 0 spiro atoms. The quantitative estimate of drug-likeness (QED) is 0.328. The van der Waals surface area contributed by atoms with E-state index in [2.05, 4.69) is 26.0 Å². The minimum absolute atomic E-state index is 0.0156. The highest BCUT2D eigenvalue weighted by Crippen LogP contribution is 2.20. The second-order valence-electron chi connectivity index (χ2n) is 7.98. The molecule has 1 heterocycles. The lowest BCUT2D eigenvalue weighted by Crippen LogP contribution is -2.23. The summed E-state index contributed by atoms with van der Waals surface area (Å²) < 4.78 is 8.09. The summed E-state index contributed by atoms with van der Waals surface area (Å²) in [4.78, 5) is 28.9. The molecule has 0 aliphatic carbocycles. The summed E-state index contributed by atoms with van der Waals surface area (Å²) in [6, 6.07) is 19.3. The summed E-state index contributed by atoms with van der Waals surface area (Å²) in [5.41, 5.74) is 2.13. The van der Waals surface area contributed by atoms with Crippen molar-refractivity contribution >= 4 is 39.0 Å². The Morgan fingerprint density at radius 2 is 1.88 bits per heavy atom. The number of rotatable bonds is 7. The van der Waals surface area contributed by atoms with E-state index in [1.165, 1.54) is 4.68 Å². The van der Waals surface area contributed by atoms with Crippen LogP contribution in [-0.2, 0) is 6.61 Å². The molecule has 0 atom stereocenters. The van der Waals surface area contributed by atoms with Gasteiger partial charge in [-0.3, -0.25) is 4.79 Å². The van der Waals surface area contributed by atoms with E-state index in [1.54, 1.807) is 36.5 Å². The average Bonchev–Trinajstić information content (AvgIpc) is 2.83. The molecular weight excluding hydrogens is 498 g/mol. The first-order chi connectivity index (χ1) is 16.3. The van der Waals surface area contributed by atoms with Gasteiger partial charge in [-0.25, -0.2) is 9.78 Å². The van der Waals surface area contributed by atoms with Crippen LogP contribution in [-0.4, -0.2) is 27.0 Å². The second kappa shape index (κ2) is 10.0. The standard InChI is InChI=1S/C26H22BrN3O4/c1-16(2)24-29-22-12-11-20(27)13-21(22)25(31)30(24)28-14-19-5-3-4-6-23(19)34-15-17-7-9-18(10-8-17)26(32)33/h3-14,16H,15H2,1-2H3,(H,32,33). The number of hydrogen-bond acceptors (Lipinski definition) is 5. The lowest BCUT2D eigenvalue weighted by molar-refractivity contribution is 0.0697. The van der Waals surface area contributed by atoms with E-state index in [9.17, 15) is 9.59 Å². The highest BCUT2D eigenvalue weighted by molar-refractivity contribution is 9.10.